The third kappa shape index (κ3) is 4.64. The molecule has 7 nitrogen and oxygen atoms in total. The summed E-state index contributed by atoms with van der Waals surface area (Å²) in [6.07, 6.45) is 2.29. The minimum atomic E-state index is -3.20. The molecule has 0 amide bonds. The first-order chi connectivity index (χ1) is 15.1. The van der Waals surface area contributed by atoms with E-state index in [1.54, 1.807) is 48.1 Å². The Bertz CT molecular complexity index is 1430. The molecule has 1 atom stereocenters. The van der Waals surface area contributed by atoms with Gasteiger partial charge in [0.25, 0.3) is 0 Å². The van der Waals surface area contributed by atoms with Crippen LogP contribution in [0.1, 0.15) is 33.8 Å². The predicted octanol–water partition coefficient (Wildman–Crippen LogP) is 5.12. The molecule has 0 unspecified atom stereocenters. The molecule has 166 valence electrons. The number of sulfone groups is 1. The zero-order valence-electron chi connectivity index (χ0n) is 17.1. The van der Waals surface area contributed by atoms with Crippen molar-refractivity contribution in [1.82, 2.24) is 9.55 Å². The van der Waals surface area contributed by atoms with Crippen LogP contribution >= 0.6 is 22.9 Å². The van der Waals surface area contributed by atoms with Crippen molar-refractivity contribution in [2.75, 3.05) is 6.26 Å². The molecular formula is C22H19ClN2O5S2. The molecule has 0 fully saturated rings. The molecule has 0 bridgehead atoms. The van der Waals surface area contributed by atoms with Crippen LogP contribution in [0.4, 0.5) is 0 Å². The van der Waals surface area contributed by atoms with E-state index >= 15 is 0 Å². The van der Waals surface area contributed by atoms with Crippen LogP contribution in [0.2, 0.25) is 5.02 Å². The molecule has 0 aliphatic carbocycles. The fraction of sp³-hybridized carbons (Fsp3) is 0.182. The van der Waals surface area contributed by atoms with Gasteiger partial charge in [0.1, 0.15) is 23.2 Å². The number of nitrogens with zero attached hydrogens (tertiary/aromatic N) is 2. The second-order valence-electron chi connectivity index (χ2n) is 7.37. The van der Waals surface area contributed by atoms with Gasteiger partial charge >= 0.3 is 5.97 Å². The van der Waals surface area contributed by atoms with Crippen molar-refractivity contribution in [2.24, 2.45) is 0 Å². The number of aromatic nitrogens is 2. The highest BCUT2D eigenvalue weighted by Gasteiger charge is 2.22. The lowest BCUT2D eigenvalue weighted by atomic mass is 10.1. The Morgan fingerprint density at radius 1 is 1.25 bits per heavy atom. The molecular weight excluding hydrogens is 472 g/mol. The fourth-order valence-corrected chi connectivity index (χ4v) is 5.39. The number of carboxylic acid groups (broad SMARTS) is 1. The Kier molecular flexibility index (Phi) is 5.98. The number of halogens is 1. The number of benzene rings is 2. The van der Waals surface area contributed by atoms with Gasteiger partial charge < -0.3 is 9.84 Å². The summed E-state index contributed by atoms with van der Waals surface area (Å²) in [5.74, 6) is -0.980. The number of hydrogen-bond donors (Lipinski definition) is 1. The molecule has 4 rings (SSSR count). The Balaban J connectivity index is 1.74. The Labute approximate surface area is 193 Å². The predicted molar refractivity (Wildman–Crippen MR) is 125 cm³/mol. The van der Waals surface area contributed by atoms with E-state index in [1.165, 1.54) is 6.26 Å². The van der Waals surface area contributed by atoms with E-state index in [-0.39, 0.29) is 16.4 Å². The van der Waals surface area contributed by atoms with Crippen LogP contribution in [0.5, 0.6) is 5.75 Å². The first-order valence-corrected chi connectivity index (χ1v) is 12.8. The van der Waals surface area contributed by atoms with Crippen LogP contribution in [0.25, 0.3) is 16.0 Å². The Hall–Kier alpha value is -2.88. The van der Waals surface area contributed by atoms with E-state index in [1.807, 2.05) is 18.2 Å². The Morgan fingerprint density at radius 2 is 2.00 bits per heavy atom. The molecule has 10 heteroatoms. The summed E-state index contributed by atoms with van der Waals surface area (Å²) in [6.45, 7) is 1.80. The quantitative estimate of drug-likeness (QED) is 0.386. The summed E-state index contributed by atoms with van der Waals surface area (Å²) >= 11 is 7.30. The lowest BCUT2D eigenvalue weighted by Gasteiger charge is -2.15. The Morgan fingerprint density at radius 3 is 2.69 bits per heavy atom. The van der Waals surface area contributed by atoms with Crippen LogP contribution < -0.4 is 4.74 Å². The third-order valence-corrected chi connectivity index (χ3v) is 7.11. The van der Waals surface area contributed by atoms with Gasteiger partial charge in [0.05, 0.1) is 16.8 Å². The van der Waals surface area contributed by atoms with Gasteiger partial charge in [-0.05, 0) is 30.7 Å². The number of imidazole rings is 1. The zero-order chi connectivity index (χ0) is 23.0. The molecule has 2 heterocycles. The molecule has 0 radical (unpaired) electrons. The standard InChI is InChI=1S/C22H19ClN2O5S2/c1-13(15-5-3-4-6-16(15)23)30-19-10-20(31-21(19)22(26)27)25-12-24-17-8-7-14(9-18(17)25)11-32(2,28)29/h3-10,12-13H,11H2,1-2H3,(H,26,27)/t13-/m1/s1. The molecule has 2 aromatic heterocycles. The second kappa shape index (κ2) is 8.57. The summed E-state index contributed by atoms with van der Waals surface area (Å²) in [4.78, 5) is 16.3. The topological polar surface area (TPSA) is 98.5 Å². The maximum Gasteiger partial charge on any atom is 0.349 e. The third-order valence-electron chi connectivity index (χ3n) is 4.80. The number of aromatic carboxylic acids is 1. The van der Waals surface area contributed by atoms with E-state index in [0.29, 0.717) is 26.6 Å². The lowest BCUT2D eigenvalue weighted by molar-refractivity contribution is 0.0696. The van der Waals surface area contributed by atoms with Gasteiger partial charge in [-0.3, -0.25) is 4.57 Å². The van der Waals surface area contributed by atoms with Crippen LogP contribution in [-0.2, 0) is 15.6 Å². The monoisotopic (exact) mass is 490 g/mol. The summed E-state index contributed by atoms with van der Waals surface area (Å²) in [6, 6.07) is 14.1. The molecule has 1 N–H and O–H groups in total. The maximum absolute atomic E-state index is 11.9. The van der Waals surface area contributed by atoms with E-state index in [4.69, 9.17) is 16.3 Å². The molecule has 0 aliphatic heterocycles. The smallest absolute Gasteiger partial charge is 0.349 e. The van der Waals surface area contributed by atoms with Gasteiger partial charge in [0, 0.05) is 22.9 Å². The highest BCUT2D eigenvalue weighted by atomic mass is 35.5. The first kappa shape index (κ1) is 22.3. The first-order valence-electron chi connectivity index (χ1n) is 9.54. The molecule has 4 aromatic rings. The van der Waals surface area contributed by atoms with Gasteiger partial charge in [0.2, 0.25) is 0 Å². The number of carboxylic acids is 1. The van der Waals surface area contributed by atoms with Crippen LogP contribution in [-0.4, -0.2) is 35.3 Å². The van der Waals surface area contributed by atoms with Crippen LogP contribution in [0, 0.1) is 0 Å². The number of ether oxygens (including phenoxy) is 1. The number of hydrogen-bond acceptors (Lipinski definition) is 6. The minimum absolute atomic E-state index is 0.0491. The summed E-state index contributed by atoms with van der Waals surface area (Å²) in [5, 5.41) is 10.8. The highest BCUT2D eigenvalue weighted by molar-refractivity contribution is 7.89. The average Bonchev–Trinajstić information content (AvgIpc) is 3.30. The number of rotatable bonds is 7. The highest BCUT2D eigenvalue weighted by Crippen LogP contribution is 2.37. The SMILES string of the molecule is C[C@@H](Oc1cc(-n2cnc3ccc(CS(C)(=O)=O)cc32)sc1C(=O)O)c1ccccc1Cl. The zero-order valence-corrected chi connectivity index (χ0v) is 19.5. The normalized spacial score (nSPS) is 12.7. The maximum atomic E-state index is 11.9. The lowest BCUT2D eigenvalue weighted by Crippen LogP contribution is -2.06. The summed E-state index contributed by atoms with van der Waals surface area (Å²) < 4.78 is 31.1. The molecule has 2 aromatic carbocycles. The largest absolute Gasteiger partial charge is 0.484 e. The molecule has 0 saturated heterocycles. The van der Waals surface area contributed by atoms with E-state index in [0.717, 1.165) is 16.9 Å². The van der Waals surface area contributed by atoms with Gasteiger partial charge in [-0.1, -0.05) is 35.9 Å². The van der Waals surface area contributed by atoms with E-state index in [2.05, 4.69) is 4.98 Å². The molecule has 32 heavy (non-hydrogen) atoms. The van der Waals surface area contributed by atoms with Crippen molar-refractivity contribution in [3.05, 3.63) is 75.9 Å². The molecule has 0 spiro atoms. The van der Waals surface area contributed by atoms with Crippen molar-refractivity contribution in [2.45, 2.75) is 18.8 Å². The van der Waals surface area contributed by atoms with Crippen molar-refractivity contribution < 1.29 is 23.1 Å². The van der Waals surface area contributed by atoms with Crippen molar-refractivity contribution in [3.8, 4) is 10.8 Å². The molecule has 0 saturated carbocycles. The van der Waals surface area contributed by atoms with Crippen molar-refractivity contribution in [3.63, 3.8) is 0 Å². The van der Waals surface area contributed by atoms with E-state index < -0.39 is 21.9 Å². The summed E-state index contributed by atoms with van der Waals surface area (Å²) in [7, 11) is -3.20. The number of fused-ring (bicyclic) bond motifs is 1. The summed E-state index contributed by atoms with van der Waals surface area (Å²) in [5.41, 5.74) is 2.71. The van der Waals surface area contributed by atoms with Gasteiger partial charge in [-0.2, -0.15) is 0 Å². The van der Waals surface area contributed by atoms with E-state index in [9.17, 15) is 18.3 Å². The number of carbonyl (C=O) groups is 1. The second-order valence-corrected chi connectivity index (χ2v) is 11.0. The van der Waals surface area contributed by atoms with Crippen LogP contribution in [0.3, 0.4) is 0 Å². The van der Waals surface area contributed by atoms with Crippen molar-refractivity contribution in [1.29, 1.82) is 0 Å². The fourth-order valence-electron chi connectivity index (χ4n) is 3.40. The van der Waals surface area contributed by atoms with Crippen LogP contribution in [0.15, 0.2) is 54.9 Å². The number of thiophene rings is 1. The average molecular weight is 491 g/mol. The molecule has 0 aliphatic rings. The van der Waals surface area contributed by atoms with Gasteiger partial charge in [-0.25, -0.2) is 18.2 Å². The van der Waals surface area contributed by atoms with Crippen molar-refractivity contribution >= 4 is 49.8 Å². The van der Waals surface area contributed by atoms with Gasteiger partial charge in [0.15, 0.2) is 14.7 Å². The minimum Gasteiger partial charge on any atom is -0.484 e. The van der Waals surface area contributed by atoms with Gasteiger partial charge in [-0.15, -0.1) is 11.3 Å².